The molecule has 2 aromatic rings. The first-order chi connectivity index (χ1) is 10.1. The van der Waals surface area contributed by atoms with Gasteiger partial charge in [0.2, 0.25) is 0 Å². The Kier molecular flexibility index (Phi) is 3.52. The molecule has 0 bridgehead atoms. The fourth-order valence-corrected chi connectivity index (χ4v) is 4.00. The van der Waals surface area contributed by atoms with Crippen molar-refractivity contribution in [1.82, 2.24) is 9.78 Å². The van der Waals surface area contributed by atoms with Gasteiger partial charge in [0.1, 0.15) is 16.8 Å². The lowest BCUT2D eigenvalue weighted by molar-refractivity contribution is 0.101. The molecule has 1 amide bonds. The highest BCUT2D eigenvalue weighted by Gasteiger charge is 2.22. The Morgan fingerprint density at radius 3 is 2.90 bits per heavy atom. The molecule has 0 atom stereocenters. The number of fused-ring (bicyclic) bond motifs is 1. The van der Waals surface area contributed by atoms with E-state index >= 15 is 0 Å². The van der Waals surface area contributed by atoms with Crippen molar-refractivity contribution in [2.75, 3.05) is 5.32 Å². The van der Waals surface area contributed by atoms with E-state index in [0.29, 0.717) is 16.3 Å². The van der Waals surface area contributed by atoms with Gasteiger partial charge in [0, 0.05) is 11.9 Å². The van der Waals surface area contributed by atoms with Crippen molar-refractivity contribution >= 4 is 22.2 Å². The molecule has 1 aliphatic rings. The average molecular weight is 300 g/mol. The lowest BCUT2D eigenvalue weighted by Gasteiger charge is -2.09. The van der Waals surface area contributed by atoms with Crippen LogP contribution >= 0.6 is 11.3 Å². The van der Waals surface area contributed by atoms with Crippen LogP contribution < -0.4 is 5.32 Å². The number of aromatic nitrogens is 2. The lowest BCUT2D eigenvalue weighted by Crippen LogP contribution is -2.16. The molecule has 5 nitrogen and oxygen atoms in total. The summed E-state index contributed by atoms with van der Waals surface area (Å²) in [5.74, 6) is -0.215. The van der Waals surface area contributed by atoms with Gasteiger partial charge in [-0.05, 0) is 44.2 Å². The van der Waals surface area contributed by atoms with Gasteiger partial charge in [-0.15, -0.1) is 11.3 Å². The number of carbonyl (C=O) groups excluding carboxylic acids is 1. The van der Waals surface area contributed by atoms with Gasteiger partial charge in [0.15, 0.2) is 0 Å². The van der Waals surface area contributed by atoms with Crippen molar-refractivity contribution in [1.29, 1.82) is 5.26 Å². The standard InChI is InChI=1S/C15H16N4OS/c1-9-7-12(19(2)18-9)14(20)17-15-11(8-16)10-5-3-4-6-13(10)21-15/h7H,3-6H2,1-2H3,(H,17,20). The molecule has 108 valence electrons. The quantitative estimate of drug-likeness (QED) is 0.927. The molecule has 1 aliphatic carbocycles. The molecule has 6 heteroatoms. The Labute approximate surface area is 127 Å². The van der Waals surface area contributed by atoms with Crippen LogP contribution in [0.2, 0.25) is 0 Å². The fourth-order valence-electron chi connectivity index (χ4n) is 2.76. The van der Waals surface area contributed by atoms with Crippen molar-refractivity contribution in [2.45, 2.75) is 32.6 Å². The summed E-state index contributed by atoms with van der Waals surface area (Å²) in [6, 6.07) is 4.00. The van der Waals surface area contributed by atoms with Gasteiger partial charge < -0.3 is 5.32 Å². The highest BCUT2D eigenvalue weighted by Crippen LogP contribution is 2.37. The van der Waals surface area contributed by atoms with Crippen LogP contribution in [0.1, 0.15) is 45.0 Å². The van der Waals surface area contributed by atoms with E-state index in [1.807, 2.05) is 6.92 Å². The molecule has 21 heavy (non-hydrogen) atoms. The molecular formula is C15H16N4OS. The van der Waals surface area contributed by atoms with Gasteiger partial charge in [-0.2, -0.15) is 10.4 Å². The smallest absolute Gasteiger partial charge is 0.274 e. The van der Waals surface area contributed by atoms with Crippen LogP contribution in [-0.2, 0) is 19.9 Å². The monoisotopic (exact) mass is 300 g/mol. The second-order valence-corrected chi connectivity index (χ2v) is 6.38. The third-order valence-electron chi connectivity index (χ3n) is 3.74. The first kappa shape index (κ1) is 13.8. The summed E-state index contributed by atoms with van der Waals surface area (Å²) in [5, 5.41) is 17.1. The summed E-state index contributed by atoms with van der Waals surface area (Å²) in [5.41, 5.74) is 3.07. The second-order valence-electron chi connectivity index (χ2n) is 5.28. The fraction of sp³-hybridized carbons (Fsp3) is 0.400. The third kappa shape index (κ3) is 2.45. The Balaban J connectivity index is 1.92. The predicted molar refractivity (Wildman–Crippen MR) is 81.6 cm³/mol. The SMILES string of the molecule is Cc1cc(C(=O)Nc2sc3c(c2C#N)CCCC3)n(C)n1. The molecule has 0 unspecified atom stereocenters. The Morgan fingerprint density at radius 2 is 2.24 bits per heavy atom. The zero-order valence-corrected chi connectivity index (χ0v) is 12.9. The summed E-state index contributed by atoms with van der Waals surface area (Å²) < 4.78 is 1.56. The van der Waals surface area contributed by atoms with Gasteiger partial charge in [0.25, 0.3) is 5.91 Å². The van der Waals surface area contributed by atoms with Crippen molar-refractivity contribution in [2.24, 2.45) is 7.05 Å². The number of hydrogen-bond donors (Lipinski definition) is 1. The van der Waals surface area contributed by atoms with Crippen molar-refractivity contribution in [3.63, 3.8) is 0 Å². The molecule has 0 saturated heterocycles. The Hall–Kier alpha value is -2.13. The van der Waals surface area contributed by atoms with E-state index in [9.17, 15) is 10.1 Å². The second kappa shape index (κ2) is 5.34. The highest BCUT2D eigenvalue weighted by molar-refractivity contribution is 7.16. The van der Waals surface area contributed by atoms with E-state index in [4.69, 9.17) is 0 Å². The third-order valence-corrected chi connectivity index (χ3v) is 4.95. The molecule has 2 heterocycles. The number of thiophene rings is 1. The molecular weight excluding hydrogens is 284 g/mol. The van der Waals surface area contributed by atoms with E-state index in [1.54, 1.807) is 17.8 Å². The van der Waals surface area contributed by atoms with Crippen LogP contribution in [0, 0.1) is 18.3 Å². The molecule has 0 spiro atoms. The summed E-state index contributed by atoms with van der Waals surface area (Å²) >= 11 is 1.54. The zero-order chi connectivity index (χ0) is 15.0. The van der Waals surface area contributed by atoms with E-state index in [-0.39, 0.29) is 5.91 Å². The zero-order valence-electron chi connectivity index (χ0n) is 12.1. The number of carbonyl (C=O) groups is 1. The average Bonchev–Trinajstić information content (AvgIpc) is 2.97. The predicted octanol–water partition coefficient (Wildman–Crippen LogP) is 2.79. The number of nitriles is 1. The van der Waals surface area contributed by atoms with Crippen LogP contribution in [0.15, 0.2) is 6.07 Å². The van der Waals surface area contributed by atoms with E-state index < -0.39 is 0 Å². The number of rotatable bonds is 2. The van der Waals surface area contributed by atoms with Crippen LogP contribution in [-0.4, -0.2) is 15.7 Å². The minimum absolute atomic E-state index is 0.215. The van der Waals surface area contributed by atoms with E-state index in [2.05, 4.69) is 16.5 Å². The molecule has 3 rings (SSSR count). The summed E-state index contributed by atoms with van der Waals surface area (Å²) in [4.78, 5) is 13.6. The number of anilines is 1. The van der Waals surface area contributed by atoms with Crippen molar-refractivity contribution in [3.05, 3.63) is 33.5 Å². The van der Waals surface area contributed by atoms with Crippen LogP contribution in [0.4, 0.5) is 5.00 Å². The molecule has 2 aromatic heterocycles. The number of nitrogens with zero attached hydrogens (tertiary/aromatic N) is 3. The number of nitrogens with one attached hydrogen (secondary N) is 1. The molecule has 0 radical (unpaired) electrons. The topological polar surface area (TPSA) is 70.7 Å². The van der Waals surface area contributed by atoms with Crippen LogP contribution in [0.5, 0.6) is 0 Å². The molecule has 0 fully saturated rings. The summed E-state index contributed by atoms with van der Waals surface area (Å²) in [7, 11) is 1.74. The van der Waals surface area contributed by atoms with Crippen molar-refractivity contribution < 1.29 is 4.79 Å². The number of aryl methyl sites for hydroxylation is 3. The normalized spacial score (nSPS) is 13.6. The maximum absolute atomic E-state index is 12.4. The largest absolute Gasteiger partial charge is 0.311 e. The van der Waals surface area contributed by atoms with Gasteiger partial charge in [0.05, 0.1) is 11.3 Å². The van der Waals surface area contributed by atoms with E-state index in [1.165, 1.54) is 16.2 Å². The van der Waals surface area contributed by atoms with Gasteiger partial charge >= 0.3 is 0 Å². The number of amides is 1. The first-order valence-corrected chi connectivity index (χ1v) is 7.78. The minimum atomic E-state index is -0.215. The van der Waals surface area contributed by atoms with Crippen molar-refractivity contribution in [3.8, 4) is 6.07 Å². The lowest BCUT2D eigenvalue weighted by atomic mass is 9.96. The molecule has 0 aromatic carbocycles. The van der Waals surface area contributed by atoms with Gasteiger partial charge in [-0.3, -0.25) is 9.48 Å². The summed E-state index contributed by atoms with van der Waals surface area (Å²) in [6.07, 6.45) is 4.23. The highest BCUT2D eigenvalue weighted by atomic mass is 32.1. The van der Waals surface area contributed by atoms with Crippen LogP contribution in [0.3, 0.4) is 0 Å². The van der Waals surface area contributed by atoms with Gasteiger partial charge in [-0.1, -0.05) is 0 Å². The number of hydrogen-bond acceptors (Lipinski definition) is 4. The van der Waals surface area contributed by atoms with Gasteiger partial charge in [-0.25, -0.2) is 0 Å². The molecule has 1 N–H and O–H groups in total. The maximum Gasteiger partial charge on any atom is 0.274 e. The summed E-state index contributed by atoms with van der Waals surface area (Å²) in [6.45, 7) is 1.85. The minimum Gasteiger partial charge on any atom is -0.311 e. The van der Waals surface area contributed by atoms with E-state index in [0.717, 1.165) is 36.9 Å². The molecule has 0 saturated carbocycles. The first-order valence-electron chi connectivity index (χ1n) is 6.96. The Morgan fingerprint density at radius 1 is 1.48 bits per heavy atom. The molecule has 0 aliphatic heterocycles. The maximum atomic E-state index is 12.4. The Bertz CT molecular complexity index is 751. The van der Waals surface area contributed by atoms with Crippen LogP contribution in [0.25, 0.3) is 0 Å².